The molecule has 5 aliphatic rings. The van der Waals surface area contributed by atoms with E-state index in [2.05, 4.69) is 4.90 Å². The topological polar surface area (TPSA) is 96.4 Å². The molecule has 6 rings (SSSR count). The lowest BCUT2D eigenvalue weighted by molar-refractivity contribution is -0.136. The minimum absolute atomic E-state index is 0.0326. The normalized spacial score (nSPS) is 32.0. The lowest BCUT2D eigenvalue weighted by Gasteiger charge is -2.25. The van der Waals surface area contributed by atoms with Crippen molar-refractivity contribution in [3.05, 3.63) is 46.2 Å². The zero-order valence-electron chi connectivity index (χ0n) is 18.0. The van der Waals surface area contributed by atoms with E-state index in [0.717, 1.165) is 36.2 Å². The van der Waals surface area contributed by atoms with Crippen LogP contribution < -0.4 is 0 Å². The third-order valence-electron chi connectivity index (χ3n) is 8.04. The molecule has 8 heteroatoms. The second kappa shape index (κ2) is 7.15. The molecular weight excluding hydrogens is 412 g/mol. The maximum absolute atomic E-state index is 12.9. The zero-order valence-corrected chi connectivity index (χ0v) is 18.0. The molecule has 4 atom stereocenters. The Morgan fingerprint density at radius 1 is 1.12 bits per heavy atom. The van der Waals surface area contributed by atoms with E-state index < -0.39 is 6.10 Å². The second-order valence-electron chi connectivity index (χ2n) is 9.65. The number of cyclic esters (lactones) is 2. The first-order valence-corrected chi connectivity index (χ1v) is 11.3. The van der Waals surface area contributed by atoms with Crippen molar-refractivity contribution in [3.8, 4) is 0 Å². The average Bonchev–Trinajstić information content (AvgIpc) is 3.28. The van der Waals surface area contributed by atoms with Crippen LogP contribution in [0, 0.1) is 30.6 Å². The smallest absolute Gasteiger partial charge is 0.338 e. The van der Waals surface area contributed by atoms with Crippen molar-refractivity contribution in [2.75, 3.05) is 32.8 Å². The molecule has 3 unspecified atom stereocenters. The van der Waals surface area contributed by atoms with Crippen molar-refractivity contribution >= 4 is 17.8 Å². The fourth-order valence-electron chi connectivity index (χ4n) is 6.34. The number of aliphatic hydroxyl groups excluding tert-OH is 1. The minimum Gasteiger partial charge on any atom is -0.457 e. The quantitative estimate of drug-likeness (QED) is 0.690. The van der Waals surface area contributed by atoms with E-state index in [1.165, 1.54) is 6.08 Å². The number of ether oxygens (including phenoxy) is 2. The summed E-state index contributed by atoms with van der Waals surface area (Å²) in [7, 11) is 0. The third-order valence-corrected chi connectivity index (χ3v) is 8.04. The summed E-state index contributed by atoms with van der Waals surface area (Å²) in [6, 6.07) is 3.59. The maximum atomic E-state index is 12.9. The number of carbonyl (C=O) groups is 3. The lowest BCUT2D eigenvalue weighted by Crippen LogP contribution is -2.33. The highest BCUT2D eigenvalue weighted by atomic mass is 16.5. The Morgan fingerprint density at radius 3 is 2.62 bits per heavy atom. The average molecular weight is 438 g/mol. The van der Waals surface area contributed by atoms with E-state index in [1.54, 1.807) is 11.0 Å². The van der Waals surface area contributed by atoms with Gasteiger partial charge in [0.2, 0.25) is 5.91 Å². The summed E-state index contributed by atoms with van der Waals surface area (Å²) in [5, 5.41) is 10.9. The van der Waals surface area contributed by atoms with Gasteiger partial charge in [0, 0.05) is 43.7 Å². The van der Waals surface area contributed by atoms with Crippen LogP contribution in [0.2, 0.25) is 0 Å². The number of amides is 1. The number of benzene rings is 1. The Kier molecular flexibility index (Phi) is 4.45. The molecule has 1 saturated carbocycles. The Hall–Kier alpha value is -2.71. The van der Waals surface area contributed by atoms with Gasteiger partial charge >= 0.3 is 11.9 Å². The largest absolute Gasteiger partial charge is 0.457 e. The van der Waals surface area contributed by atoms with Gasteiger partial charge in [-0.2, -0.15) is 0 Å². The number of likely N-dealkylation sites (tertiary alicyclic amines) is 2. The van der Waals surface area contributed by atoms with Gasteiger partial charge in [-0.3, -0.25) is 9.69 Å². The number of piperidine rings is 1. The lowest BCUT2D eigenvalue weighted by atomic mass is 9.95. The minimum atomic E-state index is -0.623. The molecule has 1 aliphatic carbocycles. The fraction of sp³-hybridized carbons (Fsp3) is 0.542. The van der Waals surface area contributed by atoms with Gasteiger partial charge in [-0.05, 0) is 48.3 Å². The molecule has 8 nitrogen and oxygen atoms in total. The van der Waals surface area contributed by atoms with Gasteiger partial charge in [0.05, 0.1) is 17.4 Å². The molecule has 3 fully saturated rings. The first-order chi connectivity index (χ1) is 15.4. The molecule has 4 aliphatic heterocycles. The van der Waals surface area contributed by atoms with Crippen LogP contribution in [0.1, 0.15) is 39.6 Å². The molecule has 32 heavy (non-hydrogen) atoms. The van der Waals surface area contributed by atoms with Crippen LogP contribution in [0.25, 0.3) is 0 Å². The molecule has 0 radical (unpaired) electrons. The van der Waals surface area contributed by atoms with Gasteiger partial charge in [0.15, 0.2) is 0 Å². The number of β-amino-alcohol motifs (C(OH)–C–C–N with tert-alkyl or cyclic N) is 1. The number of hydrogen-bond donors (Lipinski definition) is 1. The van der Waals surface area contributed by atoms with E-state index in [9.17, 15) is 19.5 Å². The summed E-state index contributed by atoms with van der Waals surface area (Å²) < 4.78 is 10.1. The van der Waals surface area contributed by atoms with Crippen LogP contribution in [0.5, 0.6) is 0 Å². The summed E-state index contributed by atoms with van der Waals surface area (Å²) in [5.41, 5.74) is 3.95. The van der Waals surface area contributed by atoms with Crippen LogP contribution in [-0.2, 0) is 25.7 Å². The number of esters is 2. The fourth-order valence-corrected chi connectivity index (χ4v) is 6.34. The van der Waals surface area contributed by atoms with E-state index >= 15 is 0 Å². The molecule has 0 aromatic heterocycles. The molecular formula is C24H26N2O6. The predicted molar refractivity (Wildman–Crippen MR) is 111 cm³/mol. The van der Waals surface area contributed by atoms with Crippen molar-refractivity contribution in [2.24, 2.45) is 23.7 Å². The molecule has 1 N–H and O–H groups in total. The SMILES string of the molecule is Cc1c([C@@H](O)CN2CC3C(C2)C3C2CCN(C3=CC(=O)OC3)C2=O)ccc2c1COC2=O. The number of nitrogens with zero attached hydrogens (tertiary/aromatic N) is 2. The van der Waals surface area contributed by atoms with E-state index in [4.69, 9.17) is 9.47 Å². The molecule has 4 heterocycles. The first kappa shape index (κ1) is 19.9. The van der Waals surface area contributed by atoms with Crippen molar-refractivity contribution in [1.82, 2.24) is 9.80 Å². The van der Waals surface area contributed by atoms with Crippen LogP contribution in [0.3, 0.4) is 0 Å². The second-order valence-corrected chi connectivity index (χ2v) is 9.65. The molecule has 0 bridgehead atoms. The number of rotatable bonds is 5. The van der Waals surface area contributed by atoms with Crippen LogP contribution >= 0.6 is 0 Å². The summed E-state index contributed by atoms with van der Waals surface area (Å²) in [6.45, 7) is 5.41. The molecule has 0 spiro atoms. The van der Waals surface area contributed by atoms with Crippen LogP contribution in [0.15, 0.2) is 23.9 Å². The van der Waals surface area contributed by atoms with E-state index in [1.807, 2.05) is 13.0 Å². The highest BCUT2D eigenvalue weighted by Crippen LogP contribution is 2.58. The first-order valence-electron chi connectivity index (χ1n) is 11.3. The molecule has 1 aromatic carbocycles. The summed E-state index contributed by atoms with van der Waals surface area (Å²) in [4.78, 5) is 40.0. The van der Waals surface area contributed by atoms with Crippen LogP contribution in [-0.4, -0.2) is 65.5 Å². The van der Waals surface area contributed by atoms with Gasteiger partial charge < -0.3 is 19.5 Å². The van der Waals surface area contributed by atoms with Gasteiger partial charge in [-0.25, -0.2) is 9.59 Å². The van der Waals surface area contributed by atoms with E-state index in [-0.39, 0.29) is 37.0 Å². The van der Waals surface area contributed by atoms with Gasteiger partial charge in [0.1, 0.15) is 13.2 Å². The molecule has 2 saturated heterocycles. The van der Waals surface area contributed by atoms with Gasteiger partial charge in [0.25, 0.3) is 0 Å². The highest BCUT2D eigenvalue weighted by Gasteiger charge is 2.61. The van der Waals surface area contributed by atoms with Crippen molar-refractivity contribution in [3.63, 3.8) is 0 Å². The molecule has 1 amide bonds. The summed E-state index contributed by atoms with van der Waals surface area (Å²) in [6.07, 6.45) is 1.64. The number of carbonyl (C=O) groups excluding carboxylic acids is 3. The van der Waals surface area contributed by atoms with Gasteiger partial charge in [-0.1, -0.05) is 6.07 Å². The molecule has 168 valence electrons. The number of fused-ring (bicyclic) bond motifs is 2. The summed E-state index contributed by atoms with van der Waals surface area (Å²) >= 11 is 0. The van der Waals surface area contributed by atoms with E-state index in [0.29, 0.717) is 42.1 Å². The third kappa shape index (κ3) is 3.00. The van der Waals surface area contributed by atoms with Gasteiger partial charge in [-0.15, -0.1) is 0 Å². The predicted octanol–water partition coefficient (Wildman–Crippen LogP) is 1.17. The molecule has 1 aromatic rings. The highest BCUT2D eigenvalue weighted by molar-refractivity contribution is 5.94. The van der Waals surface area contributed by atoms with Crippen molar-refractivity contribution in [2.45, 2.75) is 26.1 Å². The number of hydrogen-bond acceptors (Lipinski definition) is 7. The zero-order chi connectivity index (χ0) is 22.1. The number of aliphatic hydroxyl groups is 1. The van der Waals surface area contributed by atoms with Crippen molar-refractivity contribution in [1.29, 1.82) is 0 Å². The monoisotopic (exact) mass is 438 g/mol. The standard InChI is InChI=1S/C24H26N2O6/c1-12-14(2-3-15-19(12)11-32-24(15)30)20(27)9-25-7-17-18(8-25)22(17)16-4-5-26(23(16)29)13-6-21(28)31-10-13/h2-3,6,16-18,20,22,27H,4-5,7-11H2,1H3/t16?,17?,18?,20-,22?/m0/s1. The Morgan fingerprint density at radius 2 is 1.91 bits per heavy atom. The maximum Gasteiger partial charge on any atom is 0.338 e. The Bertz CT molecular complexity index is 1050. The van der Waals surface area contributed by atoms with Crippen molar-refractivity contribution < 1.29 is 29.0 Å². The Balaban J connectivity index is 1.06. The summed E-state index contributed by atoms with van der Waals surface area (Å²) in [5.74, 6) is 0.905. The Labute approximate surface area is 185 Å². The van der Waals surface area contributed by atoms with Crippen LogP contribution in [0.4, 0.5) is 0 Å².